The van der Waals surface area contributed by atoms with Crippen molar-refractivity contribution in [2.45, 2.75) is 25.7 Å². The smallest absolute Gasteiger partial charge is 0.335 e. The molecule has 1 atom stereocenters. The highest BCUT2D eigenvalue weighted by molar-refractivity contribution is 5.87. The summed E-state index contributed by atoms with van der Waals surface area (Å²) >= 11 is 0. The molecule has 1 aromatic rings. The van der Waals surface area contributed by atoms with E-state index in [-0.39, 0.29) is 11.7 Å². The van der Waals surface area contributed by atoms with Gasteiger partial charge in [0.05, 0.1) is 12.2 Å². The highest BCUT2D eigenvalue weighted by atomic mass is 16.7. The highest BCUT2D eigenvalue weighted by Crippen LogP contribution is 2.23. The molecule has 0 saturated carbocycles. The van der Waals surface area contributed by atoms with Crippen molar-refractivity contribution < 1.29 is 24.1 Å². The van der Waals surface area contributed by atoms with Crippen molar-refractivity contribution >= 4 is 5.97 Å². The van der Waals surface area contributed by atoms with Crippen LogP contribution in [0.2, 0.25) is 0 Å². The Balaban J connectivity index is 1.91. The van der Waals surface area contributed by atoms with Crippen molar-refractivity contribution in [2.75, 3.05) is 13.2 Å². The first-order valence-corrected chi connectivity index (χ1v) is 5.74. The zero-order chi connectivity index (χ0) is 13.2. The van der Waals surface area contributed by atoms with Gasteiger partial charge in [0.15, 0.2) is 5.79 Å². The maximum atomic E-state index is 10.8. The van der Waals surface area contributed by atoms with Gasteiger partial charge in [-0.2, -0.15) is 0 Å². The van der Waals surface area contributed by atoms with E-state index in [1.807, 2.05) is 13.8 Å². The summed E-state index contributed by atoms with van der Waals surface area (Å²) in [4.78, 5) is 10.8. The number of benzene rings is 1. The van der Waals surface area contributed by atoms with Crippen LogP contribution in [0.15, 0.2) is 24.3 Å². The van der Waals surface area contributed by atoms with Crippen LogP contribution in [0.1, 0.15) is 24.2 Å². The Hall–Kier alpha value is -1.59. The lowest BCUT2D eigenvalue weighted by molar-refractivity contribution is -0.141. The maximum Gasteiger partial charge on any atom is 0.335 e. The van der Waals surface area contributed by atoms with E-state index in [2.05, 4.69) is 0 Å². The number of rotatable bonds is 4. The molecule has 0 spiro atoms. The number of aromatic carboxylic acids is 1. The van der Waals surface area contributed by atoms with E-state index in [0.29, 0.717) is 19.0 Å². The second-order valence-corrected chi connectivity index (χ2v) is 4.59. The van der Waals surface area contributed by atoms with Crippen LogP contribution in [0, 0.1) is 0 Å². The van der Waals surface area contributed by atoms with Crippen molar-refractivity contribution in [3.63, 3.8) is 0 Å². The highest BCUT2D eigenvalue weighted by Gasteiger charge is 2.32. The zero-order valence-electron chi connectivity index (χ0n) is 10.4. The number of hydrogen-bond donors (Lipinski definition) is 1. The number of ether oxygens (including phenoxy) is 3. The summed E-state index contributed by atoms with van der Waals surface area (Å²) < 4.78 is 16.5. The average molecular weight is 252 g/mol. The summed E-state index contributed by atoms with van der Waals surface area (Å²) in [6.45, 7) is 4.51. The Morgan fingerprint density at radius 3 is 2.94 bits per heavy atom. The molecular weight excluding hydrogens is 236 g/mol. The molecule has 5 heteroatoms. The monoisotopic (exact) mass is 252 g/mol. The lowest BCUT2D eigenvalue weighted by atomic mass is 10.2. The third-order valence-electron chi connectivity index (χ3n) is 2.58. The van der Waals surface area contributed by atoms with Crippen LogP contribution in [0.3, 0.4) is 0 Å². The van der Waals surface area contributed by atoms with Crippen molar-refractivity contribution in [1.29, 1.82) is 0 Å². The summed E-state index contributed by atoms with van der Waals surface area (Å²) in [6.07, 6.45) is -0.131. The fourth-order valence-corrected chi connectivity index (χ4v) is 1.75. The molecule has 0 amide bonds. The summed E-state index contributed by atoms with van der Waals surface area (Å²) in [7, 11) is 0. The number of carbonyl (C=O) groups is 1. The molecule has 1 aliphatic heterocycles. The Labute approximate surface area is 105 Å². The molecule has 0 aliphatic carbocycles. The van der Waals surface area contributed by atoms with Crippen LogP contribution >= 0.6 is 0 Å². The minimum atomic E-state index is -0.970. The molecule has 1 heterocycles. The van der Waals surface area contributed by atoms with E-state index < -0.39 is 11.8 Å². The van der Waals surface area contributed by atoms with E-state index >= 15 is 0 Å². The molecule has 98 valence electrons. The van der Waals surface area contributed by atoms with E-state index in [9.17, 15) is 4.79 Å². The fraction of sp³-hybridized carbons (Fsp3) is 0.462. The topological polar surface area (TPSA) is 65.0 Å². The molecule has 1 aromatic carbocycles. The first-order chi connectivity index (χ1) is 8.46. The van der Waals surface area contributed by atoms with Crippen molar-refractivity contribution in [3.05, 3.63) is 29.8 Å². The minimum absolute atomic E-state index is 0.131. The molecule has 0 unspecified atom stereocenters. The van der Waals surface area contributed by atoms with Gasteiger partial charge < -0.3 is 19.3 Å². The summed E-state index contributed by atoms with van der Waals surface area (Å²) in [5.74, 6) is -1.03. The van der Waals surface area contributed by atoms with Gasteiger partial charge in [-0.1, -0.05) is 6.07 Å². The molecule has 0 radical (unpaired) electrons. The summed E-state index contributed by atoms with van der Waals surface area (Å²) in [5.41, 5.74) is 0.205. The van der Waals surface area contributed by atoms with Crippen LogP contribution in [-0.4, -0.2) is 36.2 Å². The summed E-state index contributed by atoms with van der Waals surface area (Å²) in [6, 6.07) is 6.37. The quantitative estimate of drug-likeness (QED) is 0.886. The van der Waals surface area contributed by atoms with Crippen LogP contribution in [0.4, 0.5) is 0 Å². The lowest BCUT2D eigenvalue weighted by Gasteiger charge is -2.17. The second-order valence-electron chi connectivity index (χ2n) is 4.59. The van der Waals surface area contributed by atoms with E-state index in [1.54, 1.807) is 12.1 Å². The van der Waals surface area contributed by atoms with Gasteiger partial charge in [-0.15, -0.1) is 0 Å². The van der Waals surface area contributed by atoms with Crippen molar-refractivity contribution in [3.8, 4) is 5.75 Å². The van der Waals surface area contributed by atoms with Gasteiger partial charge in [0.1, 0.15) is 18.5 Å². The van der Waals surface area contributed by atoms with E-state index in [0.717, 1.165) is 0 Å². The van der Waals surface area contributed by atoms with Gasteiger partial charge in [-0.05, 0) is 32.0 Å². The van der Waals surface area contributed by atoms with Gasteiger partial charge in [0, 0.05) is 0 Å². The van der Waals surface area contributed by atoms with Gasteiger partial charge in [0.2, 0.25) is 0 Å². The molecule has 2 rings (SSSR count). The van der Waals surface area contributed by atoms with E-state index in [1.165, 1.54) is 12.1 Å². The van der Waals surface area contributed by atoms with Crippen LogP contribution in [0.25, 0.3) is 0 Å². The SMILES string of the molecule is CC1(C)OC[C@H](COc2cccc(C(=O)O)c2)O1. The third-order valence-corrected chi connectivity index (χ3v) is 2.58. The van der Waals surface area contributed by atoms with Crippen LogP contribution in [-0.2, 0) is 9.47 Å². The molecule has 1 fully saturated rings. The van der Waals surface area contributed by atoms with Crippen molar-refractivity contribution in [2.24, 2.45) is 0 Å². The molecular formula is C13H16O5. The van der Waals surface area contributed by atoms with Crippen LogP contribution < -0.4 is 4.74 Å². The molecule has 1 N–H and O–H groups in total. The van der Waals surface area contributed by atoms with E-state index in [4.69, 9.17) is 19.3 Å². The largest absolute Gasteiger partial charge is 0.491 e. The first-order valence-electron chi connectivity index (χ1n) is 5.74. The van der Waals surface area contributed by atoms with Crippen LogP contribution in [0.5, 0.6) is 5.75 Å². The zero-order valence-corrected chi connectivity index (χ0v) is 10.4. The third kappa shape index (κ3) is 3.21. The predicted molar refractivity (Wildman–Crippen MR) is 63.8 cm³/mol. The minimum Gasteiger partial charge on any atom is -0.491 e. The maximum absolute atomic E-state index is 10.8. The Morgan fingerprint density at radius 2 is 2.33 bits per heavy atom. The number of carboxylic acids is 1. The summed E-state index contributed by atoms with van der Waals surface area (Å²) in [5, 5.41) is 8.86. The Morgan fingerprint density at radius 1 is 1.56 bits per heavy atom. The molecule has 1 saturated heterocycles. The lowest BCUT2D eigenvalue weighted by Crippen LogP contribution is -2.25. The Kier molecular flexibility index (Phi) is 3.54. The van der Waals surface area contributed by atoms with Gasteiger partial charge >= 0.3 is 5.97 Å². The fourth-order valence-electron chi connectivity index (χ4n) is 1.75. The first kappa shape index (κ1) is 12.9. The number of hydrogen-bond acceptors (Lipinski definition) is 4. The molecule has 18 heavy (non-hydrogen) atoms. The average Bonchev–Trinajstić information content (AvgIpc) is 2.67. The van der Waals surface area contributed by atoms with Gasteiger partial charge in [0.25, 0.3) is 0 Å². The van der Waals surface area contributed by atoms with Crippen molar-refractivity contribution in [1.82, 2.24) is 0 Å². The van der Waals surface area contributed by atoms with Gasteiger partial charge in [-0.25, -0.2) is 4.79 Å². The molecule has 0 aromatic heterocycles. The second kappa shape index (κ2) is 4.96. The molecule has 5 nitrogen and oxygen atoms in total. The normalized spacial score (nSPS) is 21.8. The molecule has 0 bridgehead atoms. The molecule has 1 aliphatic rings. The number of carboxylic acid groups (broad SMARTS) is 1. The Bertz CT molecular complexity index is 441. The van der Waals surface area contributed by atoms with Gasteiger partial charge in [-0.3, -0.25) is 0 Å². The standard InChI is InChI=1S/C13H16O5/c1-13(2)17-8-11(18-13)7-16-10-5-3-4-9(6-10)12(14)15/h3-6,11H,7-8H2,1-2H3,(H,14,15)/t11-/m0/s1. The predicted octanol–water partition coefficient (Wildman–Crippen LogP) is 1.92.